The maximum absolute atomic E-state index is 12.9. The van der Waals surface area contributed by atoms with Crippen molar-refractivity contribution in [2.24, 2.45) is 0 Å². The minimum atomic E-state index is -4.91. The van der Waals surface area contributed by atoms with Gasteiger partial charge in [-0.1, -0.05) is 12.1 Å². The number of pyridine rings is 1. The van der Waals surface area contributed by atoms with Crippen LogP contribution in [0.1, 0.15) is 5.69 Å². The van der Waals surface area contributed by atoms with Gasteiger partial charge in [0.15, 0.2) is 0 Å². The fourth-order valence-corrected chi connectivity index (χ4v) is 3.56. The molecule has 0 N–H and O–H groups in total. The number of aromatic nitrogens is 1. The molecule has 0 atom stereocenters. The van der Waals surface area contributed by atoms with Crippen LogP contribution in [0.25, 0.3) is 0 Å². The highest BCUT2D eigenvalue weighted by molar-refractivity contribution is 7.89. The van der Waals surface area contributed by atoms with E-state index in [4.69, 9.17) is 4.74 Å². The standard InChI is InChI=1S/C16H17F3N2O4S/c1-24-10-9-21(12-13-5-2-3-8-20-13)26(22,23)15-7-4-6-14(11-15)25-16(17,18)19/h2-8,11H,9-10,12H2,1H3. The molecule has 0 aliphatic heterocycles. The summed E-state index contributed by atoms with van der Waals surface area (Å²) in [6.45, 7) is 0.0848. The van der Waals surface area contributed by atoms with Gasteiger partial charge in [0.25, 0.3) is 0 Å². The number of sulfonamides is 1. The Kier molecular flexibility index (Phi) is 6.57. The second-order valence-corrected chi connectivity index (χ2v) is 7.11. The van der Waals surface area contributed by atoms with Gasteiger partial charge in [0.1, 0.15) is 5.75 Å². The van der Waals surface area contributed by atoms with Gasteiger partial charge < -0.3 is 9.47 Å². The van der Waals surface area contributed by atoms with Crippen molar-refractivity contribution in [1.29, 1.82) is 0 Å². The van der Waals surface area contributed by atoms with Crippen LogP contribution in [0.4, 0.5) is 13.2 Å². The highest BCUT2D eigenvalue weighted by Crippen LogP contribution is 2.26. The van der Waals surface area contributed by atoms with Crippen LogP contribution in [-0.2, 0) is 21.3 Å². The molecular formula is C16H17F3N2O4S. The fraction of sp³-hybridized carbons (Fsp3) is 0.312. The van der Waals surface area contributed by atoms with E-state index in [1.165, 1.54) is 25.4 Å². The molecule has 1 aromatic heterocycles. The summed E-state index contributed by atoms with van der Waals surface area (Å²) >= 11 is 0. The Balaban J connectivity index is 2.32. The molecule has 0 saturated carbocycles. The molecule has 0 spiro atoms. The van der Waals surface area contributed by atoms with Crippen LogP contribution in [0.2, 0.25) is 0 Å². The summed E-state index contributed by atoms with van der Waals surface area (Å²) in [5, 5.41) is 0. The number of alkyl halides is 3. The third kappa shape index (κ3) is 5.68. The van der Waals surface area contributed by atoms with Crippen LogP contribution in [0, 0.1) is 0 Å². The number of ether oxygens (including phenoxy) is 2. The van der Waals surface area contributed by atoms with E-state index in [2.05, 4.69) is 9.72 Å². The Morgan fingerprint density at radius 3 is 2.54 bits per heavy atom. The van der Waals surface area contributed by atoms with Gasteiger partial charge >= 0.3 is 6.36 Å². The van der Waals surface area contributed by atoms with E-state index in [1.54, 1.807) is 18.2 Å². The summed E-state index contributed by atoms with van der Waals surface area (Å²) < 4.78 is 72.7. The summed E-state index contributed by atoms with van der Waals surface area (Å²) in [6.07, 6.45) is -3.39. The van der Waals surface area contributed by atoms with E-state index in [9.17, 15) is 21.6 Å². The fourth-order valence-electron chi connectivity index (χ4n) is 2.13. The van der Waals surface area contributed by atoms with Crippen LogP contribution in [-0.4, -0.2) is 44.3 Å². The van der Waals surface area contributed by atoms with Gasteiger partial charge in [-0.25, -0.2) is 8.42 Å². The summed E-state index contributed by atoms with van der Waals surface area (Å²) in [4.78, 5) is 3.77. The van der Waals surface area contributed by atoms with Gasteiger partial charge in [0.2, 0.25) is 10.0 Å². The molecular weight excluding hydrogens is 373 g/mol. The molecule has 0 radical (unpaired) electrons. The highest BCUT2D eigenvalue weighted by atomic mass is 32.2. The van der Waals surface area contributed by atoms with Gasteiger partial charge in [-0.05, 0) is 24.3 Å². The summed E-state index contributed by atoms with van der Waals surface area (Å²) in [6, 6.07) is 9.31. The maximum Gasteiger partial charge on any atom is 0.573 e. The predicted octanol–water partition coefficient (Wildman–Crippen LogP) is 2.82. The maximum atomic E-state index is 12.9. The first-order valence-corrected chi connectivity index (χ1v) is 8.91. The van der Waals surface area contributed by atoms with Crippen LogP contribution in [0.5, 0.6) is 5.75 Å². The van der Waals surface area contributed by atoms with Crippen molar-refractivity contribution in [2.45, 2.75) is 17.8 Å². The predicted molar refractivity (Wildman–Crippen MR) is 86.8 cm³/mol. The van der Waals surface area contributed by atoms with Crippen LogP contribution >= 0.6 is 0 Å². The van der Waals surface area contributed by atoms with Crippen LogP contribution in [0.3, 0.4) is 0 Å². The minimum Gasteiger partial charge on any atom is -0.406 e. The van der Waals surface area contributed by atoms with E-state index in [0.717, 1.165) is 16.4 Å². The SMILES string of the molecule is COCCN(Cc1ccccn1)S(=O)(=O)c1cccc(OC(F)(F)F)c1. The highest BCUT2D eigenvalue weighted by Gasteiger charge is 2.32. The van der Waals surface area contributed by atoms with Crippen LogP contribution < -0.4 is 4.74 Å². The quantitative estimate of drug-likeness (QED) is 0.693. The first kappa shape index (κ1) is 20.1. The molecule has 0 aliphatic rings. The smallest absolute Gasteiger partial charge is 0.406 e. The van der Waals surface area contributed by atoms with Crippen molar-refractivity contribution < 1.29 is 31.1 Å². The molecule has 1 aromatic carbocycles. The molecule has 10 heteroatoms. The average molecular weight is 390 g/mol. The third-order valence-corrected chi connectivity index (χ3v) is 5.13. The van der Waals surface area contributed by atoms with Crippen molar-refractivity contribution >= 4 is 10.0 Å². The molecule has 0 aliphatic carbocycles. The van der Waals surface area contributed by atoms with Crippen molar-refractivity contribution in [3.05, 3.63) is 54.4 Å². The first-order chi connectivity index (χ1) is 12.2. The summed E-state index contributed by atoms with van der Waals surface area (Å²) in [5.74, 6) is -0.608. The average Bonchev–Trinajstić information content (AvgIpc) is 2.58. The molecule has 142 valence electrons. The molecule has 2 aromatic rings. The van der Waals surface area contributed by atoms with E-state index in [-0.39, 0.29) is 24.6 Å². The molecule has 0 fully saturated rings. The Morgan fingerprint density at radius 2 is 1.92 bits per heavy atom. The summed E-state index contributed by atoms with van der Waals surface area (Å²) in [5.41, 5.74) is 0.495. The van der Waals surface area contributed by atoms with Crippen molar-refractivity contribution in [3.8, 4) is 5.75 Å². The monoisotopic (exact) mass is 390 g/mol. The molecule has 0 saturated heterocycles. The van der Waals surface area contributed by atoms with Gasteiger partial charge in [-0.15, -0.1) is 13.2 Å². The molecule has 26 heavy (non-hydrogen) atoms. The normalized spacial score (nSPS) is 12.3. The van der Waals surface area contributed by atoms with E-state index >= 15 is 0 Å². The van der Waals surface area contributed by atoms with Gasteiger partial charge in [-0.3, -0.25) is 4.98 Å². The third-order valence-electron chi connectivity index (χ3n) is 3.29. The van der Waals surface area contributed by atoms with E-state index < -0.39 is 22.1 Å². The lowest BCUT2D eigenvalue weighted by molar-refractivity contribution is -0.274. The largest absolute Gasteiger partial charge is 0.573 e. The number of nitrogens with zero attached hydrogens (tertiary/aromatic N) is 2. The molecule has 0 amide bonds. The molecule has 6 nitrogen and oxygen atoms in total. The second-order valence-electron chi connectivity index (χ2n) is 5.18. The van der Waals surface area contributed by atoms with Crippen molar-refractivity contribution in [2.75, 3.05) is 20.3 Å². The molecule has 2 rings (SSSR count). The first-order valence-electron chi connectivity index (χ1n) is 7.47. The number of rotatable bonds is 8. The molecule has 1 heterocycles. The Hall–Kier alpha value is -2.17. The zero-order valence-corrected chi connectivity index (χ0v) is 14.6. The van der Waals surface area contributed by atoms with Crippen LogP contribution in [0.15, 0.2) is 53.6 Å². The lowest BCUT2D eigenvalue weighted by Gasteiger charge is -2.22. The van der Waals surface area contributed by atoms with E-state index in [1.807, 2.05) is 0 Å². The number of hydrogen-bond donors (Lipinski definition) is 0. The lowest BCUT2D eigenvalue weighted by Crippen LogP contribution is -2.33. The Morgan fingerprint density at radius 1 is 1.15 bits per heavy atom. The van der Waals surface area contributed by atoms with Gasteiger partial charge in [0.05, 0.1) is 23.7 Å². The second kappa shape index (κ2) is 8.47. The topological polar surface area (TPSA) is 68.7 Å². The number of benzene rings is 1. The Bertz CT molecular complexity index is 814. The number of hydrogen-bond acceptors (Lipinski definition) is 5. The van der Waals surface area contributed by atoms with E-state index in [0.29, 0.717) is 5.69 Å². The number of methoxy groups -OCH3 is 1. The molecule has 0 unspecified atom stereocenters. The zero-order chi connectivity index (χ0) is 19.2. The Labute approximate surface area is 149 Å². The van der Waals surface area contributed by atoms with Gasteiger partial charge in [0, 0.05) is 25.9 Å². The summed E-state index contributed by atoms with van der Waals surface area (Å²) in [7, 11) is -2.66. The number of halogens is 3. The zero-order valence-electron chi connectivity index (χ0n) is 13.8. The van der Waals surface area contributed by atoms with Gasteiger partial charge in [-0.2, -0.15) is 4.31 Å². The lowest BCUT2D eigenvalue weighted by atomic mass is 10.3. The molecule has 0 bridgehead atoms. The van der Waals surface area contributed by atoms with Crippen molar-refractivity contribution in [1.82, 2.24) is 9.29 Å². The minimum absolute atomic E-state index is 0.0137. The van der Waals surface area contributed by atoms with Crippen molar-refractivity contribution in [3.63, 3.8) is 0 Å².